The monoisotopic (exact) mass is 308 g/mol. The van der Waals surface area contributed by atoms with E-state index in [4.69, 9.17) is 0 Å². The highest BCUT2D eigenvalue weighted by Crippen LogP contribution is 2.08. The maximum Gasteiger partial charge on any atom is 0.185 e. The van der Waals surface area contributed by atoms with Gasteiger partial charge >= 0.3 is 0 Å². The molecule has 3 aromatic carbocycles. The molecule has 0 aromatic heterocycles. The van der Waals surface area contributed by atoms with E-state index in [0.29, 0.717) is 5.56 Å². The van der Waals surface area contributed by atoms with Gasteiger partial charge in [0, 0.05) is 16.7 Å². The SMILES string of the molecule is O=C(/C=C/c1ccccc1)c1ccc(C#Cc2ccccc2)cc1. The Morgan fingerprint density at radius 2 is 1.21 bits per heavy atom. The summed E-state index contributed by atoms with van der Waals surface area (Å²) in [5, 5.41) is 0. The molecule has 0 aliphatic heterocycles. The zero-order valence-electron chi connectivity index (χ0n) is 13.1. The van der Waals surface area contributed by atoms with E-state index in [0.717, 1.165) is 16.7 Å². The number of hydrogen-bond donors (Lipinski definition) is 0. The van der Waals surface area contributed by atoms with E-state index in [1.807, 2.05) is 91.0 Å². The van der Waals surface area contributed by atoms with Crippen LogP contribution in [-0.4, -0.2) is 5.78 Å². The fraction of sp³-hybridized carbons (Fsp3) is 0. The molecule has 0 saturated carbocycles. The average Bonchev–Trinajstić information content (AvgIpc) is 2.66. The van der Waals surface area contributed by atoms with Crippen LogP contribution >= 0.6 is 0 Å². The topological polar surface area (TPSA) is 17.1 Å². The number of carbonyl (C=O) groups excluding carboxylic acids is 1. The second kappa shape index (κ2) is 7.76. The summed E-state index contributed by atoms with van der Waals surface area (Å²) in [5.74, 6) is 6.20. The van der Waals surface area contributed by atoms with Gasteiger partial charge in [-0.25, -0.2) is 0 Å². The smallest absolute Gasteiger partial charge is 0.185 e. The van der Waals surface area contributed by atoms with Gasteiger partial charge in [0.15, 0.2) is 5.78 Å². The molecular weight excluding hydrogens is 292 g/mol. The number of allylic oxidation sites excluding steroid dienone is 1. The third kappa shape index (κ3) is 4.32. The predicted molar refractivity (Wildman–Crippen MR) is 98.7 cm³/mol. The predicted octanol–water partition coefficient (Wildman–Crippen LogP) is 4.98. The van der Waals surface area contributed by atoms with Crippen molar-refractivity contribution >= 4 is 11.9 Å². The lowest BCUT2D eigenvalue weighted by Crippen LogP contribution is -1.93. The fourth-order valence-corrected chi connectivity index (χ4v) is 2.22. The van der Waals surface area contributed by atoms with Crippen molar-refractivity contribution in [2.45, 2.75) is 0 Å². The minimum Gasteiger partial charge on any atom is -0.289 e. The maximum absolute atomic E-state index is 12.2. The second-order valence-corrected chi connectivity index (χ2v) is 5.30. The van der Waals surface area contributed by atoms with Crippen LogP contribution in [0.2, 0.25) is 0 Å². The van der Waals surface area contributed by atoms with Crippen molar-refractivity contribution in [3.05, 3.63) is 113 Å². The molecule has 0 aliphatic rings. The molecule has 0 fully saturated rings. The summed E-state index contributed by atoms with van der Waals surface area (Å²) < 4.78 is 0. The van der Waals surface area contributed by atoms with Gasteiger partial charge in [-0.1, -0.05) is 66.4 Å². The van der Waals surface area contributed by atoms with Gasteiger partial charge in [0.2, 0.25) is 0 Å². The van der Waals surface area contributed by atoms with Gasteiger partial charge in [-0.05, 0) is 48.0 Å². The minimum atomic E-state index is -0.0126. The van der Waals surface area contributed by atoms with Crippen molar-refractivity contribution in [1.82, 2.24) is 0 Å². The Morgan fingerprint density at radius 3 is 1.83 bits per heavy atom. The number of hydrogen-bond acceptors (Lipinski definition) is 1. The van der Waals surface area contributed by atoms with Crippen LogP contribution in [0.5, 0.6) is 0 Å². The van der Waals surface area contributed by atoms with Crippen molar-refractivity contribution in [2.75, 3.05) is 0 Å². The van der Waals surface area contributed by atoms with Gasteiger partial charge in [-0.3, -0.25) is 4.79 Å². The molecule has 0 N–H and O–H groups in total. The molecule has 0 unspecified atom stereocenters. The standard InChI is InChI=1S/C23H16O/c24-23(18-15-20-9-5-2-6-10-20)22-16-13-21(14-17-22)12-11-19-7-3-1-4-8-19/h1-10,13-18H/b18-15+. The summed E-state index contributed by atoms with van der Waals surface area (Å²) in [4.78, 5) is 12.2. The number of benzene rings is 3. The van der Waals surface area contributed by atoms with E-state index in [1.54, 1.807) is 6.08 Å². The molecule has 0 saturated heterocycles. The molecule has 0 atom stereocenters. The van der Waals surface area contributed by atoms with Crippen molar-refractivity contribution in [1.29, 1.82) is 0 Å². The molecule has 0 aliphatic carbocycles. The Kier molecular flexibility index (Phi) is 5.02. The molecule has 0 radical (unpaired) electrons. The summed E-state index contributed by atoms with van der Waals surface area (Å²) in [6.45, 7) is 0. The Labute approximate surface area is 142 Å². The Bertz CT molecular complexity index is 893. The van der Waals surface area contributed by atoms with E-state index in [-0.39, 0.29) is 5.78 Å². The van der Waals surface area contributed by atoms with E-state index in [2.05, 4.69) is 11.8 Å². The highest BCUT2D eigenvalue weighted by atomic mass is 16.1. The van der Waals surface area contributed by atoms with Crippen molar-refractivity contribution < 1.29 is 4.79 Å². The number of rotatable bonds is 3. The molecule has 114 valence electrons. The number of carbonyl (C=O) groups is 1. The lowest BCUT2D eigenvalue weighted by atomic mass is 10.1. The molecule has 3 rings (SSSR count). The Morgan fingerprint density at radius 1 is 0.667 bits per heavy atom. The Balaban J connectivity index is 1.69. The van der Waals surface area contributed by atoms with Crippen molar-refractivity contribution in [3.63, 3.8) is 0 Å². The lowest BCUT2D eigenvalue weighted by molar-refractivity contribution is 0.104. The zero-order valence-corrected chi connectivity index (χ0v) is 13.1. The summed E-state index contributed by atoms with van der Waals surface area (Å²) >= 11 is 0. The molecule has 24 heavy (non-hydrogen) atoms. The van der Waals surface area contributed by atoms with Crippen LogP contribution in [0.1, 0.15) is 27.0 Å². The van der Waals surface area contributed by atoms with Crippen LogP contribution in [0.25, 0.3) is 6.08 Å². The zero-order chi connectivity index (χ0) is 16.6. The van der Waals surface area contributed by atoms with Gasteiger partial charge in [-0.15, -0.1) is 0 Å². The van der Waals surface area contributed by atoms with Crippen LogP contribution in [0.3, 0.4) is 0 Å². The Hall–Kier alpha value is -3.37. The van der Waals surface area contributed by atoms with Crippen molar-refractivity contribution in [3.8, 4) is 11.8 Å². The first-order valence-corrected chi connectivity index (χ1v) is 7.76. The fourth-order valence-electron chi connectivity index (χ4n) is 2.22. The highest BCUT2D eigenvalue weighted by Gasteiger charge is 2.00. The first kappa shape index (κ1) is 15.5. The van der Waals surface area contributed by atoms with Crippen LogP contribution in [0, 0.1) is 11.8 Å². The highest BCUT2D eigenvalue weighted by molar-refractivity contribution is 6.06. The summed E-state index contributed by atoms with van der Waals surface area (Å²) in [5.41, 5.74) is 3.54. The molecule has 0 spiro atoms. The van der Waals surface area contributed by atoms with Crippen LogP contribution in [0.15, 0.2) is 91.0 Å². The van der Waals surface area contributed by atoms with E-state index < -0.39 is 0 Å². The normalized spacial score (nSPS) is 10.2. The third-order valence-electron chi connectivity index (χ3n) is 3.52. The van der Waals surface area contributed by atoms with E-state index >= 15 is 0 Å². The molecule has 1 heteroatoms. The average molecular weight is 308 g/mol. The molecule has 0 heterocycles. The molecule has 1 nitrogen and oxygen atoms in total. The second-order valence-electron chi connectivity index (χ2n) is 5.30. The summed E-state index contributed by atoms with van der Waals surface area (Å²) in [6, 6.07) is 27.0. The molecule has 3 aromatic rings. The minimum absolute atomic E-state index is 0.0126. The molecular formula is C23H16O. The lowest BCUT2D eigenvalue weighted by Gasteiger charge is -1.97. The van der Waals surface area contributed by atoms with Crippen molar-refractivity contribution in [2.24, 2.45) is 0 Å². The van der Waals surface area contributed by atoms with Gasteiger partial charge < -0.3 is 0 Å². The van der Waals surface area contributed by atoms with Gasteiger partial charge in [0.05, 0.1) is 0 Å². The number of ketones is 1. The molecule has 0 amide bonds. The quantitative estimate of drug-likeness (QED) is 0.379. The van der Waals surface area contributed by atoms with E-state index in [9.17, 15) is 4.79 Å². The van der Waals surface area contributed by atoms with Crippen LogP contribution < -0.4 is 0 Å². The largest absolute Gasteiger partial charge is 0.289 e. The first-order chi connectivity index (χ1) is 11.8. The summed E-state index contributed by atoms with van der Waals surface area (Å²) in [6.07, 6.45) is 3.42. The van der Waals surface area contributed by atoms with Gasteiger partial charge in [0.25, 0.3) is 0 Å². The van der Waals surface area contributed by atoms with Crippen LogP contribution in [-0.2, 0) is 0 Å². The maximum atomic E-state index is 12.2. The van der Waals surface area contributed by atoms with Crippen LogP contribution in [0.4, 0.5) is 0 Å². The first-order valence-electron chi connectivity index (χ1n) is 7.76. The molecule has 0 bridgehead atoms. The van der Waals surface area contributed by atoms with E-state index in [1.165, 1.54) is 0 Å². The summed E-state index contributed by atoms with van der Waals surface area (Å²) in [7, 11) is 0. The van der Waals surface area contributed by atoms with Gasteiger partial charge in [-0.2, -0.15) is 0 Å². The third-order valence-corrected chi connectivity index (χ3v) is 3.52. The van der Waals surface area contributed by atoms with Gasteiger partial charge in [0.1, 0.15) is 0 Å².